The molecule has 0 N–H and O–H groups in total. The van der Waals surface area contributed by atoms with Crippen LogP contribution < -0.4 is 0 Å². The van der Waals surface area contributed by atoms with Gasteiger partial charge in [-0.2, -0.15) is 10.5 Å². The first-order valence-corrected chi connectivity index (χ1v) is 47.8. The van der Waals surface area contributed by atoms with Gasteiger partial charge >= 0.3 is 11.6 Å². The summed E-state index contributed by atoms with van der Waals surface area (Å²) in [5.74, 6) is 0.125. The van der Waals surface area contributed by atoms with Crippen LogP contribution in [0.4, 0.5) is 23.3 Å². The highest BCUT2D eigenvalue weighted by atomic mass is 15.1. The van der Waals surface area contributed by atoms with E-state index >= 15 is 0 Å². The summed E-state index contributed by atoms with van der Waals surface area (Å²) in [5.41, 5.74) is 36.0. The van der Waals surface area contributed by atoms with Gasteiger partial charge in [-0.25, -0.2) is 9.97 Å². The van der Waals surface area contributed by atoms with Gasteiger partial charge in [-0.05, 0) is 188 Å². The molecule has 33 rings (SSSR count). The molecule has 6 aromatic heterocycles. The van der Waals surface area contributed by atoms with Crippen molar-refractivity contribution in [1.29, 1.82) is 10.5 Å². The monoisotopic (exact) mass is 1820 g/mol. The van der Waals surface area contributed by atoms with Crippen molar-refractivity contribution in [1.82, 2.24) is 43.6 Å². The Balaban J connectivity index is 0.0000000986. The second-order valence-corrected chi connectivity index (χ2v) is 37.9. The van der Waals surface area contributed by atoms with Gasteiger partial charge in [0.2, 0.25) is 11.0 Å². The number of nitriles is 2. The van der Waals surface area contributed by atoms with Gasteiger partial charge in [-0.1, -0.05) is 342 Å². The van der Waals surface area contributed by atoms with E-state index in [2.05, 4.69) is 391 Å². The SMILES string of the molecule is [C-]#[N+]c1nc2c3ccccc3c3c(ccc4c3c3cccc5c3n4-c3ccccc3C53c4ccccc4-c4ccccc43)c2nc1C#N.[C-]#[N+]c1nc2c3ccccc3c3c(ccc4c5cccc6c5n(c43)-c3ccccc3C63c4ccccc4-c4ccccc43)c2nc1[N+]#[C-].[C-]#[N+]c1nc2c3ccccc3c3cc4c(cc3c2nc1C#N)c1cccc2c1n4-c1ccccc1C21c2ccccc2-c2ccccc21. The predicted octanol–water partition coefficient (Wildman–Crippen LogP) is 31.1. The summed E-state index contributed by atoms with van der Waals surface area (Å²) in [6.07, 6.45) is 0. The lowest BCUT2D eigenvalue weighted by atomic mass is 9.65. The highest BCUT2D eigenvalue weighted by molar-refractivity contribution is 6.37. The van der Waals surface area contributed by atoms with Gasteiger partial charge in [0.05, 0.1) is 66.4 Å². The van der Waals surface area contributed by atoms with E-state index in [0.29, 0.717) is 33.1 Å². The Labute approximate surface area is 819 Å². The molecule has 654 valence electrons. The average molecular weight is 1820 g/mol. The highest BCUT2D eigenvalue weighted by Gasteiger charge is 2.55. The predicted molar refractivity (Wildman–Crippen MR) is 574 cm³/mol. The maximum absolute atomic E-state index is 9.91. The van der Waals surface area contributed by atoms with E-state index in [1.54, 1.807) is 0 Å². The second kappa shape index (κ2) is 28.4. The van der Waals surface area contributed by atoms with Crippen molar-refractivity contribution in [2.24, 2.45) is 0 Å². The van der Waals surface area contributed by atoms with E-state index in [0.717, 1.165) is 108 Å². The van der Waals surface area contributed by atoms with Gasteiger partial charge in [0, 0.05) is 75.4 Å². The maximum atomic E-state index is 9.91. The Hall–Kier alpha value is -20.5. The van der Waals surface area contributed by atoms with Gasteiger partial charge in [0.25, 0.3) is 11.6 Å². The van der Waals surface area contributed by atoms with Crippen molar-refractivity contribution in [2.75, 3.05) is 0 Å². The van der Waals surface area contributed by atoms with Crippen molar-refractivity contribution in [3.8, 4) is 62.6 Å². The van der Waals surface area contributed by atoms with Crippen LogP contribution >= 0.6 is 0 Å². The zero-order chi connectivity index (χ0) is 95.2. The van der Waals surface area contributed by atoms with Crippen molar-refractivity contribution < 1.29 is 0 Å². The van der Waals surface area contributed by atoms with Crippen LogP contribution in [0.15, 0.2) is 382 Å². The Morgan fingerprint density at radius 3 is 0.938 bits per heavy atom. The number of aromatic nitrogens is 9. The Kier molecular flexibility index (Phi) is 15.5. The van der Waals surface area contributed by atoms with Crippen LogP contribution in [-0.4, -0.2) is 43.6 Å². The van der Waals surface area contributed by atoms with Gasteiger partial charge < -0.3 is 33.1 Å². The highest BCUT2D eigenvalue weighted by Crippen LogP contribution is 2.66. The van der Waals surface area contributed by atoms with Crippen molar-refractivity contribution in [3.05, 3.63) is 506 Å². The third kappa shape index (κ3) is 9.48. The number of rotatable bonds is 0. The first-order chi connectivity index (χ1) is 71.2. The van der Waals surface area contributed by atoms with Crippen LogP contribution in [0, 0.1) is 49.0 Å². The Morgan fingerprint density at radius 1 is 0.201 bits per heavy atom. The number of nitrogens with zero attached hydrogens (tertiary/aromatic N) is 15. The summed E-state index contributed by atoms with van der Waals surface area (Å²) < 4.78 is 7.38. The summed E-state index contributed by atoms with van der Waals surface area (Å²) in [5, 5.41) is 38.6. The summed E-state index contributed by atoms with van der Waals surface area (Å²) in [6, 6.07) is 142. The molecule has 0 amide bonds. The average Bonchev–Trinajstić information content (AvgIpc) is 1.50. The van der Waals surface area contributed by atoms with Crippen molar-refractivity contribution in [2.45, 2.75) is 16.2 Å². The third-order valence-corrected chi connectivity index (χ3v) is 31.9. The molecule has 0 atom stereocenters. The first kappa shape index (κ1) is 78.7. The fraction of sp³-hybridized carbons (Fsp3) is 0.0233. The van der Waals surface area contributed by atoms with Crippen molar-refractivity contribution in [3.63, 3.8) is 0 Å². The lowest BCUT2D eigenvalue weighted by Gasteiger charge is -2.39. The molecule has 21 aromatic carbocycles. The molecule has 0 unspecified atom stereocenters. The molecule has 27 aromatic rings. The largest absolute Gasteiger partial charge is 0.370 e. The van der Waals surface area contributed by atoms with E-state index in [9.17, 15) is 10.5 Å². The van der Waals surface area contributed by atoms with Crippen molar-refractivity contribution >= 4 is 186 Å². The second-order valence-electron chi connectivity index (χ2n) is 37.9. The summed E-state index contributed by atoms with van der Waals surface area (Å²) >= 11 is 0. The molecule has 3 aliphatic heterocycles. The Bertz CT molecular complexity index is 10700. The maximum Gasteiger partial charge on any atom is 0.307 e. The number of para-hydroxylation sites is 6. The summed E-state index contributed by atoms with van der Waals surface area (Å²) in [6.45, 7) is 30.8. The normalized spacial score (nSPS) is 13.5. The molecule has 0 bridgehead atoms. The summed E-state index contributed by atoms with van der Waals surface area (Å²) in [7, 11) is 0. The quantitative estimate of drug-likeness (QED) is 0.107. The number of fused-ring (bicyclic) bond motifs is 56. The lowest BCUT2D eigenvalue weighted by Crippen LogP contribution is -2.33. The van der Waals surface area contributed by atoms with Gasteiger partial charge in [0.1, 0.15) is 23.2 Å². The van der Waals surface area contributed by atoms with Gasteiger partial charge in [0.15, 0.2) is 22.4 Å². The zero-order valence-corrected chi connectivity index (χ0v) is 76.1. The van der Waals surface area contributed by atoms with Crippen LogP contribution in [0.5, 0.6) is 0 Å². The minimum atomic E-state index is -0.485. The molecule has 15 heteroatoms. The van der Waals surface area contributed by atoms with Gasteiger partial charge in [-0.3, -0.25) is 0 Å². The molecule has 0 fully saturated rings. The molecular formula is C129H63N15. The molecule has 9 heterocycles. The summed E-state index contributed by atoms with van der Waals surface area (Å²) in [4.78, 5) is 42.7. The van der Waals surface area contributed by atoms with Gasteiger partial charge in [-0.15, -0.1) is 19.9 Å². The standard InChI is InChI=1S/3C43H21N5/c1-44-41-42(45-2)47-38-30-23-22-29-28-16-11-20-34-39(28)48(40(29)36(30)26-14-3-4-15-27(26)37(38)46-41)35-21-10-9-19-33(35)43(34)31-17-7-5-12-24(31)25-13-6-8-18-32(25)43;1-45-42-34(23-44)46-40-28-21-22-36-38(37(28)26-13-2-3-14-27(26)39(40)47-42)29-15-10-19-33-41(29)48(36)35-20-9-8-18-32(35)43(33)30-16-6-4-11-24(30)25-12-5-7-17-31(25)43;1-45-42-36(23-44)46-40-31-21-30-28-15-10-19-35-41(28)48(38(30)22-29(31)24-11-2-3-14-27(24)39(40)47-42)37-20-9-8-18-34(37)43(35)32-16-6-4-12-25(32)26-13-5-7-17-33(26)43/h3-23H;2*2-22H. The molecule has 144 heavy (non-hydrogen) atoms. The molecule has 0 saturated heterocycles. The van der Waals surface area contributed by atoms with E-state index in [4.69, 9.17) is 56.2 Å². The van der Waals surface area contributed by atoms with E-state index in [1.165, 1.54) is 139 Å². The zero-order valence-electron chi connectivity index (χ0n) is 76.1. The van der Waals surface area contributed by atoms with Crippen LogP contribution in [0.25, 0.3) is 233 Å². The van der Waals surface area contributed by atoms with Crippen LogP contribution in [0.1, 0.15) is 78.1 Å². The molecule has 3 spiro atoms. The van der Waals surface area contributed by atoms with Crippen LogP contribution in [-0.2, 0) is 16.2 Å². The van der Waals surface area contributed by atoms with Crippen LogP contribution in [0.2, 0.25) is 0 Å². The molecule has 0 saturated carbocycles. The van der Waals surface area contributed by atoms with Crippen LogP contribution in [0.3, 0.4) is 0 Å². The number of hydrogen-bond acceptors (Lipinski definition) is 8. The smallest absolute Gasteiger partial charge is 0.307 e. The topological polar surface area (TPSA) is 157 Å². The van der Waals surface area contributed by atoms with E-state index in [1.807, 2.05) is 36.4 Å². The molecule has 0 radical (unpaired) electrons. The fourth-order valence-electron chi connectivity index (χ4n) is 26.9. The Morgan fingerprint density at radius 2 is 0.493 bits per heavy atom. The lowest BCUT2D eigenvalue weighted by molar-refractivity contribution is 0.748. The number of benzene rings is 21. The minimum Gasteiger partial charge on any atom is -0.370 e. The van der Waals surface area contributed by atoms with E-state index in [-0.39, 0.29) is 34.7 Å². The molecular weight excluding hydrogens is 1760 g/mol. The fourth-order valence-corrected chi connectivity index (χ4v) is 26.9. The first-order valence-electron chi connectivity index (χ1n) is 47.8. The molecule has 15 nitrogen and oxygen atoms in total. The molecule has 3 aliphatic carbocycles. The number of hydrogen-bond donors (Lipinski definition) is 0. The van der Waals surface area contributed by atoms with E-state index < -0.39 is 16.2 Å². The minimum absolute atomic E-state index is 0.0294. The third-order valence-electron chi connectivity index (χ3n) is 31.9. The molecule has 6 aliphatic rings.